The Morgan fingerprint density at radius 3 is 2.30 bits per heavy atom. The molecule has 1 aliphatic heterocycles. The van der Waals surface area contributed by atoms with Gasteiger partial charge in [0.05, 0.1) is 5.92 Å². The van der Waals surface area contributed by atoms with Crippen molar-refractivity contribution in [3.63, 3.8) is 0 Å². The normalized spacial score (nSPS) is 24.1. The van der Waals surface area contributed by atoms with Crippen molar-refractivity contribution in [2.45, 2.75) is 25.2 Å². The molecule has 1 aromatic heterocycles. The maximum atomic E-state index is 13.3. The number of aliphatic imine (C=N–C) groups is 1. The van der Waals surface area contributed by atoms with E-state index < -0.39 is 11.8 Å². The van der Waals surface area contributed by atoms with Gasteiger partial charge >= 0.3 is 0 Å². The highest BCUT2D eigenvalue weighted by atomic mass is 16.1. The Kier molecular flexibility index (Phi) is 3.47. The SMILES string of the molecule is O=C1C2=C(C(=O)c3ccccc31)C(c1cncnc1)C1C(=O)CCCC1=N2. The molecule has 3 aliphatic rings. The first-order valence-corrected chi connectivity index (χ1v) is 8.94. The molecule has 0 bridgehead atoms. The molecular weight excluding hydrogens is 342 g/mol. The monoisotopic (exact) mass is 357 g/mol. The molecule has 0 amide bonds. The van der Waals surface area contributed by atoms with Crippen molar-refractivity contribution in [3.05, 3.63) is 70.9 Å². The highest BCUT2D eigenvalue weighted by Crippen LogP contribution is 2.46. The van der Waals surface area contributed by atoms with Gasteiger partial charge in [-0.15, -0.1) is 0 Å². The Morgan fingerprint density at radius 1 is 0.852 bits per heavy atom. The third kappa shape index (κ3) is 2.26. The third-order valence-corrected chi connectivity index (χ3v) is 5.53. The first kappa shape index (κ1) is 15.9. The Hall–Kier alpha value is -3.28. The molecule has 1 fully saturated rings. The van der Waals surface area contributed by atoms with Gasteiger partial charge in [-0.1, -0.05) is 24.3 Å². The molecule has 6 nitrogen and oxygen atoms in total. The molecule has 132 valence electrons. The molecule has 1 aromatic carbocycles. The summed E-state index contributed by atoms with van der Waals surface area (Å²) in [5, 5.41) is 0. The summed E-state index contributed by atoms with van der Waals surface area (Å²) in [4.78, 5) is 51.9. The number of allylic oxidation sites excluding steroid dienone is 2. The summed E-state index contributed by atoms with van der Waals surface area (Å²) in [6.45, 7) is 0. The van der Waals surface area contributed by atoms with E-state index in [1.54, 1.807) is 36.7 Å². The Morgan fingerprint density at radius 2 is 1.56 bits per heavy atom. The second kappa shape index (κ2) is 5.87. The first-order valence-electron chi connectivity index (χ1n) is 8.94. The van der Waals surface area contributed by atoms with E-state index in [-0.39, 0.29) is 23.0 Å². The molecular formula is C21H15N3O3. The van der Waals surface area contributed by atoms with E-state index in [0.717, 1.165) is 0 Å². The summed E-state index contributed by atoms with van der Waals surface area (Å²) in [5.74, 6) is -1.53. The minimum Gasteiger partial charge on any atom is -0.299 e. The van der Waals surface area contributed by atoms with E-state index in [0.29, 0.717) is 47.2 Å². The quantitative estimate of drug-likeness (QED) is 0.783. The van der Waals surface area contributed by atoms with Crippen molar-refractivity contribution < 1.29 is 14.4 Å². The number of nitrogens with zero attached hydrogens (tertiary/aromatic N) is 3. The summed E-state index contributed by atoms with van der Waals surface area (Å²) in [7, 11) is 0. The van der Waals surface area contributed by atoms with E-state index in [4.69, 9.17) is 0 Å². The molecule has 2 aliphatic carbocycles. The fraction of sp³-hybridized carbons (Fsp3) is 0.238. The fourth-order valence-corrected chi connectivity index (χ4v) is 4.37. The molecule has 0 N–H and O–H groups in total. The van der Waals surface area contributed by atoms with Gasteiger partial charge in [-0.2, -0.15) is 0 Å². The molecule has 2 aromatic rings. The standard InChI is InChI=1S/C21H15N3O3/c25-15-7-3-6-14-17(15)16(11-8-22-10-23-9-11)18-19(24-14)21(27)13-5-2-1-4-12(13)20(18)26/h1-2,4-5,8-10,16-17H,3,6-7H2. The summed E-state index contributed by atoms with van der Waals surface area (Å²) >= 11 is 0. The molecule has 2 heterocycles. The molecule has 6 heteroatoms. The molecule has 2 atom stereocenters. The van der Waals surface area contributed by atoms with E-state index in [2.05, 4.69) is 15.0 Å². The smallest absolute Gasteiger partial charge is 0.212 e. The van der Waals surface area contributed by atoms with E-state index >= 15 is 0 Å². The van der Waals surface area contributed by atoms with Crippen LogP contribution in [0.5, 0.6) is 0 Å². The Balaban J connectivity index is 1.78. The Labute approximate surface area is 155 Å². The number of hydrogen-bond acceptors (Lipinski definition) is 6. The van der Waals surface area contributed by atoms with Gasteiger partial charge in [-0.3, -0.25) is 19.4 Å². The maximum absolute atomic E-state index is 13.3. The minimum absolute atomic E-state index is 0.0551. The molecule has 5 rings (SSSR count). The lowest BCUT2D eigenvalue weighted by molar-refractivity contribution is -0.121. The molecule has 2 unspecified atom stereocenters. The van der Waals surface area contributed by atoms with Crippen molar-refractivity contribution >= 4 is 23.1 Å². The van der Waals surface area contributed by atoms with Gasteiger partial charge in [0.15, 0.2) is 5.78 Å². The maximum Gasteiger partial charge on any atom is 0.212 e. The van der Waals surface area contributed by atoms with Crippen LogP contribution in [0.3, 0.4) is 0 Å². The van der Waals surface area contributed by atoms with E-state index in [9.17, 15) is 14.4 Å². The van der Waals surface area contributed by atoms with Gasteiger partial charge in [0.1, 0.15) is 17.8 Å². The lowest BCUT2D eigenvalue weighted by Crippen LogP contribution is -2.41. The predicted octanol–water partition coefficient (Wildman–Crippen LogP) is 2.72. The number of carbonyl (C=O) groups is 3. The van der Waals surface area contributed by atoms with Crippen LogP contribution >= 0.6 is 0 Å². The second-order valence-corrected chi connectivity index (χ2v) is 7.02. The summed E-state index contributed by atoms with van der Waals surface area (Å²) < 4.78 is 0. The largest absolute Gasteiger partial charge is 0.299 e. The average molecular weight is 357 g/mol. The van der Waals surface area contributed by atoms with Crippen LogP contribution < -0.4 is 0 Å². The molecule has 27 heavy (non-hydrogen) atoms. The molecule has 0 saturated heterocycles. The zero-order chi connectivity index (χ0) is 18.5. The van der Waals surface area contributed by atoms with Crippen molar-refractivity contribution in [2.75, 3.05) is 0 Å². The van der Waals surface area contributed by atoms with Gasteiger partial charge in [-0.25, -0.2) is 9.97 Å². The third-order valence-electron chi connectivity index (χ3n) is 5.53. The number of fused-ring (bicyclic) bond motifs is 2. The van der Waals surface area contributed by atoms with Crippen LogP contribution in [0.1, 0.15) is 51.5 Å². The van der Waals surface area contributed by atoms with Gasteiger partial charge in [0.2, 0.25) is 5.78 Å². The van der Waals surface area contributed by atoms with Crippen LogP contribution in [0.2, 0.25) is 0 Å². The second-order valence-electron chi connectivity index (χ2n) is 7.02. The van der Waals surface area contributed by atoms with Gasteiger partial charge in [0, 0.05) is 47.1 Å². The van der Waals surface area contributed by atoms with E-state index in [1.807, 2.05) is 0 Å². The fourth-order valence-electron chi connectivity index (χ4n) is 4.37. The zero-order valence-corrected chi connectivity index (χ0v) is 14.4. The summed E-state index contributed by atoms with van der Waals surface area (Å²) in [6, 6.07) is 6.78. The molecule has 0 radical (unpaired) electrons. The van der Waals surface area contributed by atoms with Crippen LogP contribution in [0, 0.1) is 5.92 Å². The average Bonchev–Trinajstić information content (AvgIpc) is 2.71. The van der Waals surface area contributed by atoms with E-state index in [1.165, 1.54) is 6.33 Å². The van der Waals surface area contributed by atoms with Crippen LogP contribution in [0.15, 0.2) is 59.2 Å². The van der Waals surface area contributed by atoms with Crippen LogP contribution in [0.25, 0.3) is 0 Å². The first-order chi connectivity index (χ1) is 13.2. The van der Waals surface area contributed by atoms with Gasteiger partial charge in [-0.05, 0) is 18.4 Å². The molecule has 1 saturated carbocycles. The van der Waals surface area contributed by atoms with Crippen molar-refractivity contribution in [3.8, 4) is 0 Å². The zero-order valence-electron chi connectivity index (χ0n) is 14.4. The number of ketones is 3. The van der Waals surface area contributed by atoms with Crippen molar-refractivity contribution in [2.24, 2.45) is 10.9 Å². The minimum atomic E-state index is -0.564. The lowest BCUT2D eigenvalue weighted by Gasteiger charge is -2.37. The van der Waals surface area contributed by atoms with Crippen LogP contribution in [-0.4, -0.2) is 33.0 Å². The Bertz CT molecular complexity index is 1070. The number of hydrogen-bond donors (Lipinski definition) is 0. The van der Waals surface area contributed by atoms with Crippen LogP contribution in [0.4, 0.5) is 0 Å². The van der Waals surface area contributed by atoms with Gasteiger partial charge in [0.25, 0.3) is 0 Å². The lowest BCUT2D eigenvalue weighted by atomic mass is 9.66. The van der Waals surface area contributed by atoms with Crippen molar-refractivity contribution in [1.82, 2.24) is 9.97 Å². The highest BCUT2D eigenvalue weighted by molar-refractivity contribution is 6.29. The predicted molar refractivity (Wildman–Crippen MR) is 96.7 cm³/mol. The highest BCUT2D eigenvalue weighted by Gasteiger charge is 2.47. The molecule has 0 spiro atoms. The topological polar surface area (TPSA) is 89.4 Å². The summed E-state index contributed by atoms with van der Waals surface area (Å²) in [6.07, 6.45) is 6.46. The van der Waals surface area contributed by atoms with Gasteiger partial charge < -0.3 is 0 Å². The van der Waals surface area contributed by atoms with Crippen LogP contribution in [-0.2, 0) is 4.79 Å². The summed E-state index contributed by atoms with van der Waals surface area (Å²) in [5.41, 5.74) is 2.57. The number of carbonyl (C=O) groups excluding carboxylic acids is 3. The number of Topliss-reactive ketones (excluding diaryl/α,β-unsaturated/α-hetero) is 3. The van der Waals surface area contributed by atoms with Crippen molar-refractivity contribution in [1.29, 1.82) is 0 Å². The number of benzene rings is 1. The number of rotatable bonds is 1. The number of aromatic nitrogens is 2.